The summed E-state index contributed by atoms with van der Waals surface area (Å²) in [5.41, 5.74) is 0. The van der Waals surface area contributed by atoms with Gasteiger partial charge in [0.2, 0.25) is 0 Å². The molecule has 11 heavy (non-hydrogen) atoms. The quantitative estimate of drug-likeness (QED) is 0.609. The highest BCUT2D eigenvalue weighted by Crippen LogP contribution is 2.32. The minimum absolute atomic E-state index is 0. The minimum Gasteiger partial charge on any atom is -0.306 e. The second-order valence-electron chi connectivity index (χ2n) is 4.11. The van der Waals surface area contributed by atoms with Gasteiger partial charge in [0.05, 0.1) is 0 Å². The van der Waals surface area contributed by atoms with Crippen molar-refractivity contribution in [2.75, 3.05) is 20.1 Å². The summed E-state index contributed by atoms with van der Waals surface area (Å²) in [6.07, 6.45) is 6.04. The van der Waals surface area contributed by atoms with Gasteiger partial charge < -0.3 is 4.90 Å². The Balaban J connectivity index is 0.000000605. The van der Waals surface area contributed by atoms with Crippen molar-refractivity contribution < 1.29 is 0 Å². The highest BCUT2D eigenvalue weighted by atomic mass is 127. The third kappa shape index (κ3) is 2.31. The fourth-order valence-electron chi connectivity index (χ4n) is 2.55. The molecule has 1 nitrogen and oxygen atoms in total. The molecule has 0 aromatic heterocycles. The van der Waals surface area contributed by atoms with Gasteiger partial charge in [-0.1, -0.05) is 0 Å². The summed E-state index contributed by atoms with van der Waals surface area (Å²) in [6, 6.07) is 0. The van der Waals surface area contributed by atoms with Gasteiger partial charge in [-0.3, -0.25) is 0 Å². The van der Waals surface area contributed by atoms with E-state index in [-0.39, 0.29) is 24.0 Å². The molecule has 2 aliphatic heterocycles. The summed E-state index contributed by atoms with van der Waals surface area (Å²) in [5, 5.41) is 0. The van der Waals surface area contributed by atoms with Crippen LogP contribution in [0.1, 0.15) is 25.7 Å². The minimum atomic E-state index is 0. The summed E-state index contributed by atoms with van der Waals surface area (Å²) in [7, 11) is 2.27. The zero-order chi connectivity index (χ0) is 6.97. The van der Waals surface area contributed by atoms with Crippen molar-refractivity contribution >= 4 is 24.0 Å². The van der Waals surface area contributed by atoms with Crippen molar-refractivity contribution in [1.82, 2.24) is 4.90 Å². The van der Waals surface area contributed by atoms with Gasteiger partial charge in [-0.2, -0.15) is 0 Å². The van der Waals surface area contributed by atoms with Crippen LogP contribution < -0.4 is 0 Å². The molecule has 1 aliphatic carbocycles. The predicted molar refractivity (Wildman–Crippen MR) is 58.4 cm³/mol. The van der Waals surface area contributed by atoms with Gasteiger partial charge in [-0.25, -0.2) is 0 Å². The zero-order valence-electron chi connectivity index (χ0n) is 7.25. The van der Waals surface area contributed by atoms with Crippen molar-refractivity contribution in [3.8, 4) is 0 Å². The highest BCUT2D eigenvalue weighted by molar-refractivity contribution is 14.0. The SMILES string of the molecule is CN1CC2CCC(CC2)C1.I. The van der Waals surface area contributed by atoms with Crippen LogP contribution in [-0.4, -0.2) is 25.0 Å². The summed E-state index contributed by atoms with van der Waals surface area (Å²) in [5.74, 6) is 2.09. The zero-order valence-corrected chi connectivity index (χ0v) is 9.58. The van der Waals surface area contributed by atoms with Gasteiger partial charge in [-0.15, -0.1) is 24.0 Å². The molecule has 0 radical (unpaired) electrons. The van der Waals surface area contributed by atoms with Crippen LogP contribution in [0.5, 0.6) is 0 Å². The monoisotopic (exact) mass is 267 g/mol. The first-order valence-corrected chi connectivity index (χ1v) is 4.53. The molecule has 0 amide bonds. The van der Waals surface area contributed by atoms with Crippen LogP contribution in [0.15, 0.2) is 0 Å². The molecule has 0 unspecified atom stereocenters. The fourth-order valence-corrected chi connectivity index (χ4v) is 2.55. The van der Waals surface area contributed by atoms with E-state index in [1.54, 1.807) is 0 Å². The van der Waals surface area contributed by atoms with Gasteiger partial charge >= 0.3 is 0 Å². The average molecular weight is 267 g/mol. The van der Waals surface area contributed by atoms with E-state index < -0.39 is 0 Å². The molecule has 3 aliphatic rings. The van der Waals surface area contributed by atoms with Gasteiger partial charge in [0.15, 0.2) is 0 Å². The van der Waals surface area contributed by atoms with Crippen molar-refractivity contribution in [1.29, 1.82) is 0 Å². The Kier molecular flexibility index (Phi) is 3.62. The van der Waals surface area contributed by atoms with E-state index in [0.717, 1.165) is 11.8 Å². The first-order chi connectivity index (χ1) is 4.84. The van der Waals surface area contributed by atoms with E-state index in [2.05, 4.69) is 11.9 Å². The molecule has 66 valence electrons. The van der Waals surface area contributed by atoms with E-state index in [0.29, 0.717) is 0 Å². The van der Waals surface area contributed by atoms with E-state index in [1.807, 2.05) is 0 Å². The van der Waals surface area contributed by atoms with E-state index in [4.69, 9.17) is 0 Å². The Morgan fingerprint density at radius 3 is 1.64 bits per heavy atom. The number of halogens is 1. The molecule has 0 atom stereocenters. The Bertz CT molecular complexity index is 105. The lowest BCUT2D eigenvalue weighted by Gasteiger charge is -2.21. The second kappa shape index (κ2) is 4.08. The van der Waals surface area contributed by atoms with Crippen LogP contribution in [0.25, 0.3) is 0 Å². The molecule has 0 aromatic rings. The standard InChI is InChI=1S/C9H17N.HI/c1-10-6-8-2-3-9(7-10)5-4-8;/h8-9H,2-7H2,1H3;1H. The fraction of sp³-hybridized carbons (Fsp3) is 1.00. The molecule has 2 saturated heterocycles. The molecular weight excluding hydrogens is 249 g/mol. The molecule has 0 spiro atoms. The molecule has 0 aromatic carbocycles. The number of nitrogens with zero attached hydrogens (tertiary/aromatic N) is 1. The molecule has 3 rings (SSSR count). The molecule has 0 N–H and O–H groups in total. The Morgan fingerprint density at radius 1 is 0.909 bits per heavy atom. The smallest absolute Gasteiger partial charge is 0.000673 e. The summed E-state index contributed by atoms with van der Waals surface area (Å²) >= 11 is 0. The first kappa shape index (κ1) is 9.78. The molecule has 1 saturated carbocycles. The second-order valence-corrected chi connectivity index (χ2v) is 4.11. The van der Waals surface area contributed by atoms with E-state index in [9.17, 15) is 0 Å². The first-order valence-electron chi connectivity index (χ1n) is 4.53. The summed E-state index contributed by atoms with van der Waals surface area (Å²) < 4.78 is 0. The lowest BCUT2D eigenvalue weighted by Crippen LogP contribution is -2.23. The molecule has 2 bridgehead atoms. The van der Waals surface area contributed by atoms with Crippen LogP contribution in [0, 0.1) is 11.8 Å². The molecular formula is C9H18IN. The van der Waals surface area contributed by atoms with Crippen LogP contribution in [-0.2, 0) is 0 Å². The maximum atomic E-state index is 2.52. The largest absolute Gasteiger partial charge is 0.306 e. The van der Waals surface area contributed by atoms with Gasteiger partial charge in [0.1, 0.15) is 0 Å². The third-order valence-corrected chi connectivity index (χ3v) is 3.11. The van der Waals surface area contributed by atoms with Crippen molar-refractivity contribution in [2.24, 2.45) is 11.8 Å². The number of rotatable bonds is 0. The Labute approximate surface area is 86.6 Å². The number of hydrogen-bond donors (Lipinski definition) is 0. The Morgan fingerprint density at radius 2 is 1.27 bits per heavy atom. The van der Waals surface area contributed by atoms with Crippen LogP contribution >= 0.6 is 24.0 Å². The molecule has 2 heterocycles. The van der Waals surface area contributed by atoms with Gasteiger partial charge in [0, 0.05) is 13.1 Å². The molecule has 2 heteroatoms. The predicted octanol–water partition coefficient (Wildman–Crippen LogP) is 2.36. The lowest BCUT2D eigenvalue weighted by atomic mass is 9.84. The average Bonchev–Trinajstić information content (AvgIpc) is 2.17. The van der Waals surface area contributed by atoms with E-state index in [1.165, 1.54) is 38.8 Å². The molecule has 3 fully saturated rings. The van der Waals surface area contributed by atoms with Crippen molar-refractivity contribution in [2.45, 2.75) is 25.7 Å². The van der Waals surface area contributed by atoms with Crippen molar-refractivity contribution in [3.05, 3.63) is 0 Å². The van der Waals surface area contributed by atoms with Crippen LogP contribution in [0.2, 0.25) is 0 Å². The third-order valence-electron chi connectivity index (χ3n) is 3.11. The van der Waals surface area contributed by atoms with Gasteiger partial charge in [0.25, 0.3) is 0 Å². The summed E-state index contributed by atoms with van der Waals surface area (Å²) in [4.78, 5) is 2.52. The maximum Gasteiger partial charge on any atom is 0.000673 e. The van der Waals surface area contributed by atoms with Gasteiger partial charge in [-0.05, 0) is 44.6 Å². The normalized spacial score (nSPS) is 37.9. The van der Waals surface area contributed by atoms with Crippen LogP contribution in [0.4, 0.5) is 0 Å². The number of hydrogen-bond acceptors (Lipinski definition) is 1. The van der Waals surface area contributed by atoms with E-state index >= 15 is 0 Å². The highest BCUT2D eigenvalue weighted by Gasteiger charge is 2.27. The Hall–Kier alpha value is 0.690. The number of fused-ring (bicyclic) bond motifs is 4. The van der Waals surface area contributed by atoms with Crippen LogP contribution in [0.3, 0.4) is 0 Å². The lowest BCUT2D eigenvalue weighted by molar-refractivity contribution is 0.308. The maximum absolute atomic E-state index is 2.52. The topological polar surface area (TPSA) is 3.24 Å². The van der Waals surface area contributed by atoms with Crippen molar-refractivity contribution in [3.63, 3.8) is 0 Å². The summed E-state index contributed by atoms with van der Waals surface area (Å²) in [6.45, 7) is 2.74.